The number of hydrogen-bond acceptors (Lipinski definition) is 4. The van der Waals surface area contributed by atoms with E-state index >= 15 is 0 Å². The largest absolute Gasteiger partial charge is 0.507 e. The minimum absolute atomic E-state index is 0. The Bertz CT molecular complexity index is 3470. The Morgan fingerprint density at radius 2 is 1.25 bits per heavy atom. The number of phenolic OH excluding ortho intramolecular Hbond substituents is 1. The summed E-state index contributed by atoms with van der Waals surface area (Å²) in [7, 11) is 0. The van der Waals surface area contributed by atoms with Crippen LogP contribution < -0.4 is 0 Å². The van der Waals surface area contributed by atoms with Gasteiger partial charge in [-0.05, 0) is 103 Å². The SMILES string of the molecule is CC(C)(C)c1ccc(-n2c(-c3cc(C(C)(C)C)cc(C(C)(C)C)c3O)nc3c(-c4[c-]c(-c5ncnc6cc7c(cc56)C(C)(C)CCC7(C)C)cc5ccccc45)cccc32)c(-c2ccccc2)c1.[Pt]. The van der Waals surface area contributed by atoms with Gasteiger partial charge in [-0.2, -0.15) is 0 Å². The van der Waals surface area contributed by atoms with Crippen molar-refractivity contribution < 1.29 is 26.2 Å². The molecule has 0 spiro atoms. The predicted octanol–water partition coefficient (Wildman–Crippen LogP) is 16.5. The van der Waals surface area contributed by atoms with Gasteiger partial charge in [0.2, 0.25) is 0 Å². The number of nitrogens with zero attached hydrogens (tertiary/aromatic N) is 4. The van der Waals surface area contributed by atoms with E-state index in [2.05, 4.69) is 222 Å². The maximum Gasteiger partial charge on any atom is 0.148 e. The second kappa shape index (κ2) is 16.9. The van der Waals surface area contributed by atoms with E-state index in [4.69, 9.17) is 15.0 Å². The molecule has 0 aliphatic heterocycles. The van der Waals surface area contributed by atoms with E-state index in [0.717, 1.165) is 95.9 Å². The molecule has 2 aromatic heterocycles. The number of rotatable bonds is 5. The number of imidazole rings is 1. The third-order valence-corrected chi connectivity index (χ3v) is 14.8. The van der Waals surface area contributed by atoms with E-state index in [9.17, 15) is 5.11 Å². The van der Waals surface area contributed by atoms with Crippen molar-refractivity contribution in [3.8, 4) is 56.3 Å². The smallest absolute Gasteiger partial charge is 0.148 e. The van der Waals surface area contributed by atoms with Crippen molar-refractivity contribution in [2.24, 2.45) is 0 Å². The van der Waals surface area contributed by atoms with Gasteiger partial charge in [0.25, 0.3) is 0 Å². The molecule has 1 aliphatic carbocycles. The van der Waals surface area contributed by atoms with Crippen LogP contribution in [0.15, 0.2) is 128 Å². The topological polar surface area (TPSA) is 63.8 Å². The Morgan fingerprint density at radius 1 is 0.594 bits per heavy atom. The molecule has 2 heterocycles. The van der Waals surface area contributed by atoms with E-state index < -0.39 is 0 Å². The van der Waals surface area contributed by atoms with Crippen LogP contribution in [0.5, 0.6) is 5.75 Å². The first-order chi connectivity index (χ1) is 32.0. The van der Waals surface area contributed by atoms with Gasteiger partial charge in [0.1, 0.15) is 17.9 Å². The van der Waals surface area contributed by atoms with Crippen LogP contribution in [0.3, 0.4) is 0 Å². The quantitative estimate of drug-likeness (QED) is 0.174. The molecular formula is C63H65N4OPt-. The second-order valence-corrected chi connectivity index (χ2v) is 23.8. The van der Waals surface area contributed by atoms with Crippen LogP contribution in [0, 0.1) is 6.07 Å². The molecule has 0 unspecified atom stereocenters. The average molecular weight is 1090 g/mol. The van der Waals surface area contributed by atoms with Crippen LogP contribution in [0.2, 0.25) is 0 Å². The third kappa shape index (κ3) is 8.43. The first kappa shape index (κ1) is 48.1. The fourth-order valence-electron chi connectivity index (χ4n) is 10.5. The Labute approximate surface area is 423 Å². The average Bonchev–Trinajstić information content (AvgIpc) is 3.68. The van der Waals surface area contributed by atoms with Crippen LogP contribution in [-0.4, -0.2) is 24.6 Å². The summed E-state index contributed by atoms with van der Waals surface area (Å²) in [6.45, 7) is 29.5. The van der Waals surface area contributed by atoms with Crippen molar-refractivity contribution in [3.63, 3.8) is 0 Å². The van der Waals surface area contributed by atoms with Crippen molar-refractivity contribution >= 4 is 32.7 Å². The molecule has 1 N–H and O–H groups in total. The van der Waals surface area contributed by atoms with Gasteiger partial charge < -0.3 is 5.11 Å². The van der Waals surface area contributed by atoms with Crippen molar-refractivity contribution in [1.29, 1.82) is 0 Å². The van der Waals surface area contributed by atoms with Gasteiger partial charge in [0.05, 0.1) is 27.8 Å². The number of para-hydroxylation sites is 1. The molecule has 0 amide bonds. The Balaban J connectivity index is 0.00000593. The van der Waals surface area contributed by atoms with Crippen LogP contribution >= 0.6 is 0 Å². The molecule has 5 nitrogen and oxygen atoms in total. The summed E-state index contributed by atoms with van der Waals surface area (Å²) < 4.78 is 2.29. The van der Waals surface area contributed by atoms with Gasteiger partial charge in [-0.3, -0.25) is 9.55 Å². The monoisotopic (exact) mass is 1090 g/mol. The van der Waals surface area contributed by atoms with Crippen molar-refractivity contribution in [2.45, 2.75) is 130 Å². The van der Waals surface area contributed by atoms with Crippen molar-refractivity contribution in [3.05, 3.63) is 162 Å². The molecule has 10 rings (SSSR count). The first-order valence-corrected chi connectivity index (χ1v) is 24.4. The fourth-order valence-corrected chi connectivity index (χ4v) is 10.5. The normalized spacial score (nSPS) is 14.8. The van der Waals surface area contributed by atoms with Gasteiger partial charge >= 0.3 is 0 Å². The van der Waals surface area contributed by atoms with Gasteiger partial charge in [0, 0.05) is 37.9 Å². The van der Waals surface area contributed by atoms with Gasteiger partial charge in [0.15, 0.2) is 0 Å². The van der Waals surface area contributed by atoms with E-state index in [0.29, 0.717) is 11.4 Å². The molecule has 0 radical (unpaired) electrons. The summed E-state index contributed by atoms with van der Waals surface area (Å²) in [5.74, 6) is 0.930. The van der Waals surface area contributed by atoms with Gasteiger partial charge in [-0.25, -0.2) is 9.97 Å². The van der Waals surface area contributed by atoms with Crippen LogP contribution in [0.1, 0.15) is 131 Å². The Kier molecular flexibility index (Phi) is 11.8. The molecule has 0 saturated carbocycles. The summed E-state index contributed by atoms with van der Waals surface area (Å²) in [5, 5.41) is 15.8. The van der Waals surface area contributed by atoms with Crippen LogP contribution in [0.25, 0.3) is 83.3 Å². The number of phenols is 1. The minimum Gasteiger partial charge on any atom is -0.507 e. The standard InChI is InChI=1S/C63H65N4O.Pt/c1-59(2,3)41-26-27-53(45(32-41)38-20-15-14-16-21-38)67-54-25-19-24-44(56(54)66-58(67)48-33-42(60(4,5)6)34-51(57(48)68)61(7,8)9)46-31-40(30-39-22-17-18-23-43(39)46)55-47-35-49-50(36-52(47)64-37-65-55)63(12,13)29-28-62(49,10)11;/h14-27,30,32-37,68H,28-29H2,1-13H3;/q-1;. The summed E-state index contributed by atoms with van der Waals surface area (Å²) in [5.41, 5.74) is 15.8. The summed E-state index contributed by atoms with van der Waals surface area (Å²) >= 11 is 0. The number of aromatic hydroxyl groups is 1. The molecule has 9 aromatic rings. The molecule has 7 aromatic carbocycles. The molecule has 69 heavy (non-hydrogen) atoms. The van der Waals surface area contributed by atoms with Crippen molar-refractivity contribution in [2.75, 3.05) is 0 Å². The maximum absolute atomic E-state index is 12.6. The van der Waals surface area contributed by atoms with E-state index in [1.165, 1.54) is 16.7 Å². The van der Waals surface area contributed by atoms with E-state index in [1.807, 2.05) is 0 Å². The summed E-state index contributed by atoms with van der Waals surface area (Å²) in [6.07, 6.45) is 3.97. The van der Waals surface area contributed by atoms with Gasteiger partial charge in [-0.1, -0.05) is 197 Å². The van der Waals surface area contributed by atoms with Gasteiger partial charge in [-0.15, -0.1) is 17.7 Å². The maximum atomic E-state index is 12.6. The Hall–Kier alpha value is -5.90. The summed E-state index contributed by atoms with van der Waals surface area (Å²) in [6, 6.07) is 47.8. The molecule has 354 valence electrons. The molecule has 0 fully saturated rings. The third-order valence-electron chi connectivity index (χ3n) is 14.8. The fraction of sp³-hybridized carbons (Fsp3) is 0.317. The number of hydrogen-bond donors (Lipinski definition) is 1. The number of benzene rings is 7. The minimum atomic E-state index is -0.337. The van der Waals surface area contributed by atoms with Crippen molar-refractivity contribution in [1.82, 2.24) is 19.5 Å². The van der Waals surface area contributed by atoms with Crippen LogP contribution in [-0.2, 0) is 48.1 Å². The number of fused-ring (bicyclic) bond motifs is 4. The zero-order valence-electron chi connectivity index (χ0n) is 42.6. The zero-order valence-corrected chi connectivity index (χ0v) is 44.9. The molecule has 0 atom stereocenters. The Morgan fingerprint density at radius 3 is 1.93 bits per heavy atom. The molecule has 0 saturated heterocycles. The first-order valence-electron chi connectivity index (χ1n) is 24.4. The van der Waals surface area contributed by atoms with Crippen LogP contribution in [0.4, 0.5) is 0 Å². The molecule has 0 bridgehead atoms. The predicted molar refractivity (Wildman–Crippen MR) is 285 cm³/mol. The number of aromatic nitrogens is 4. The van der Waals surface area contributed by atoms with E-state index in [-0.39, 0.29) is 53.9 Å². The molecule has 1 aliphatic rings. The molecule has 6 heteroatoms. The molecular weight excluding hydrogens is 1020 g/mol. The second-order valence-electron chi connectivity index (χ2n) is 23.8. The summed E-state index contributed by atoms with van der Waals surface area (Å²) in [4.78, 5) is 15.7. The zero-order chi connectivity index (χ0) is 48.3. The van der Waals surface area contributed by atoms with E-state index in [1.54, 1.807) is 6.33 Å².